The van der Waals surface area contributed by atoms with Crippen molar-refractivity contribution in [3.05, 3.63) is 65.2 Å². The molecule has 2 saturated heterocycles. The lowest BCUT2D eigenvalue weighted by Gasteiger charge is -2.27. The minimum absolute atomic E-state index is 0.0100. The lowest BCUT2D eigenvalue weighted by atomic mass is 10.0. The van der Waals surface area contributed by atoms with Crippen LogP contribution in [0.15, 0.2) is 53.4 Å². The Morgan fingerprint density at radius 2 is 1.87 bits per heavy atom. The van der Waals surface area contributed by atoms with Crippen molar-refractivity contribution in [2.24, 2.45) is 0 Å². The maximum absolute atomic E-state index is 13.3. The molecule has 30 heavy (non-hydrogen) atoms. The lowest BCUT2D eigenvalue weighted by molar-refractivity contribution is -0.122. The van der Waals surface area contributed by atoms with Crippen LogP contribution in [0.1, 0.15) is 40.4 Å². The molecule has 2 amide bonds. The smallest absolute Gasteiger partial charge is 0.254 e. The highest BCUT2D eigenvalue weighted by Crippen LogP contribution is 2.33. The molecule has 0 radical (unpaired) electrons. The molecule has 7 nitrogen and oxygen atoms in total. The van der Waals surface area contributed by atoms with E-state index in [4.69, 9.17) is 0 Å². The van der Waals surface area contributed by atoms with Crippen LogP contribution in [-0.2, 0) is 14.8 Å². The summed E-state index contributed by atoms with van der Waals surface area (Å²) in [5.74, 6) is -0.499. The van der Waals surface area contributed by atoms with Gasteiger partial charge in [-0.2, -0.15) is 4.31 Å². The first-order chi connectivity index (χ1) is 14.4. The Labute approximate surface area is 176 Å². The van der Waals surface area contributed by atoms with Gasteiger partial charge >= 0.3 is 0 Å². The number of amides is 2. The van der Waals surface area contributed by atoms with Crippen molar-refractivity contribution in [2.75, 3.05) is 26.2 Å². The van der Waals surface area contributed by atoms with E-state index in [1.807, 2.05) is 36.1 Å². The zero-order valence-electron chi connectivity index (χ0n) is 16.9. The highest BCUT2D eigenvalue weighted by atomic mass is 32.2. The average molecular weight is 428 g/mol. The molecule has 2 fully saturated rings. The van der Waals surface area contributed by atoms with Gasteiger partial charge in [0.25, 0.3) is 5.91 Å². The number of nitrogens with one attached hydrogen (secondary N) is 1. The van der Waals surface area contributed by atoms with Gasteiger partial charge in [-0.15, -0.1) is 0 Å². The molecule has 2 heterocycles. The maximum Gasteiger partial charge on any atom is 0.254 e. The standard InChI is InChI=1S/C22H25N3O4S/c1-16-7-9-17(10-8-16)20-6-3-12-25(20)22(27)18-4-2-5-19(14-18)30(28,29)24-13-11-23-21(26)15-24/h2,4-5,7-10,14,20H,3,6,11-13,15H2,1H3,(H,23,26)/t20-/m0/s1. The molecular formula is C22H25N3O4S. The molecular weight excluding hydrogens is 402 g/mol. The fourth-order valence-corrected chi connectivity index (χ4v) is 5.51. The molecule has 4 rings (SSSR count). The Hall–Kier alpha value is -2.71. The Kier molecular flexibility index (Phi) is 5.62. The lowest BCUT2D eigenvalue weighted by Crippen LogP contribution is -2.49. The van der Waals surface area contributed by atoms with Crippen molar-refractivity contribution in [1.82, 2.24) is 14.5 Å². The van der Waals surface area contributed by atoms with Crippen LogP contribution in [0, 0.1) is 6.92 Å². The third-order valence-electron chi connectivity index (χ3n) is 5.70. The van der Waals surface area contributed by atoms with Gasteiger partial charge in [0.15, 0.2) is 0 Å². The number of nitrogens with zero attached hydrogens (tertiary/aromatic N) is 2. The van der Waals surface area contributed by atoms with E-state index in [1.54, 1.807) is 12.1 Å². The van der Waals surface area contributed by atoms with Crippen LogP contribution in [0.25, 0.3) is 0 Å². The van der Waals surface area contributed by atoms with E-state index in [9.17, 15) is 18.0 Å². The quantitative estimate of drug-likeness (QED) is 0.810. The first-order valence-corrected chi connectivity index (χ1v) is 11.5. The number of hydrogen-bond acceptors (Lipinski definition) is 4. The molecule has 2 aromatic rings. The highest BCUT2D eigenvalue weighted by Gasteiger charge is 2.33. The number of carbonyl (C=O) groups is 2. The van der Waals surface area contributed by atoms with Crippen LogP contribution in [-0.4, -0.2) is 55.6 Å². The number of aryl methyl sites for hydroxylation is 1. The maximum atomic E-state index is 13.3. The minimum Gasteiger partial charge on any atom is -0.354 e. The zero-order valence-corrected chi connectivity index (χ0v) is 17.7. The number of rotatable bonds is 4. The predicted octanol–water partition coefficient (Wildman–Crippen LogP) is 2.09. The van der Waals surface area contributed by atoms with Gasteiger partial charge in [-0.3, -0.25) is 9.59 Å². The Morgan fingerprint density at radius 3 is 2.60 bits per heavy atom. The van der Waals surface area contributed by atoms with E-state index < -0.39 is 10.0 Å². The van der Waals surface area contributed by atoms with Gasteiger partial charge in [0, 0.05) is 25.2 Å². The largest absolute Gasteiger partial charge is 0.354 e. The Morgan fingerprint density at radius 1 is 1.10 bits per heavy atom. The number of piperazine rings is 1. The summed E-state index contributed by atoms with van der Waals surface area (Å²) in [6.07, 6.45) is 1.79. The van der Waals surface area contributed by atoms with Crippen molar-refractivity contribution in [2.45, 2.75) is 30.7 Å². The number of benzene rings is 2. The zero-order chi connectivity index (χ0) is 21.3. The number of hydrogen-bond donors (Lipinski definition) is 1. The molecule has 0 unspecified atom stereocenters. The first kappa shape index (κ1) is 20.6. The third kappa shape index (κ3) is 3.97. The summed E-state index contributed by atoms with van der Waals surface area (Å²) < 4.78 is 27.1. The predicted molar refractivity (Wildman–Crippen MR) is 112 cm³/mol. The number of sulfonamides is 1. The molecule has 2 aliphatic heterocycles. The summed E-state index contributed by atoms with van der Waals surface area (Å²) in [5.41, 5.74) is 2.60. The van der Waals surface area contributed by atoms with Crippen LogP contribution in [0.5, 0.6) is 0 Å². The molecule has 1 atom stereocenters. The Bertz CT molecular complexity index is 1070. The second kappa shape index (κ2) is 8.20. The average Bonchev–Trinajstić information content (AvgIpc) is 3.23. The molecule has 0 saturated carbocycles. The SMILES string of the molecule is Cc1ccc([C@@H]2CCCN2C(=O)c2cccc(S(=O)(=O)N3CCNC(=O)C3)c2)cc1. The van der Waals surface area contributed by atoms with E-state index in [2.05, 4.69) is 5.32 Å². The van der Waals surface area contributed by atoms with Crippen molar-refractivity contribution in [1.29, 1.82) is 0 Å². The van der Waals surface area contributed by atoms with Crippen LogP contribution in [0.2, 0.25) is 0 Å². The van der Waals surface area contributed by atoms with Crippen molar-refractivity contribution >= 4 is 21.8 Å². The van der Waals surface area contributed by atoms with Crippen molar-refractivity contribution in [3.8, 4) is 0 Å². The fourth-order valence-electron chi connectivity index (χ4n) is 4.07. The van der Waals surface area contributed by atoms with E-state index in [-0.39, 0.29) is 42.4 Å². The minimum atomic E-state index is -3.84. The van der Waals surface area contributed by atoms with Gasteiger partial charge in [-0.1, -0.05) is 35.9 Å². The van der Waals surface area contributed by atoms with Gasteiger partial charge in [-0.05, 0) is 43.5 Å². The van der Waals surface area contributed by atoms with Gasteiger partial charge < -0.3 is 10.2 Å². The second-order valence-electron chi connectivity index (χ2n) is 7.78. The summed E-state index contributed by atoms with van der Waals surface area (Å²) in [7, 11) is -3.84. The summed E-state index contributed by atoms with van der Waals surface area (Å²) in [6, 6.07) is 14.3. The van der Waals surface area contributed by atoms with Gasteiger partial charge in [-0.25, -0.2) is 8.42 Å². The third-order valence-corrected chi connectivity index (χ3v) is 7.54. The molecule has 0 bridgehead atoms. The summed E-state index contributed by atoms with van der Waals surface area (Å²) in [5, 5.41) is 2.62. The fraction of sp³-hybridized carbons (Fsp3) is 0.364. The van der Waals surface area contributed by atoms with E-state index in [0.29, 0.717) is 12.1 Å². The molecule has 1 N–H and O–H groups in total. The van der Waals surface area contributed by atoms with Crippen LogP contribution in [0.3, 0.4) is 0 Å². The monoisotopic (exact) mass is 427 g/mol. The highest BCUT2D eigenvalue weighted by molar-refractivity contribution is 7.89. The molecule has 0 aromatic heterocycles. The summed E-state index contributed by atoms with van der Waals surface area (Å²) in [6.45, 7) is 2.96. The molecule has 0 aliphatic carbocycles. The first-order valence-electron chi connectivity index (χ1n) is 10.1. The van der Waals surface area contributed by atoms with Crippen molar-refractivity contribution in [3.63, 3.8) is 0 Å². The summed E-state index contributed by atoms with van der Waals surface area (Å²) in [4.78, 5) is 26.7. The van der Waals surface area contributed by atoms with E-state index in [1.165, 1.54) is 17.7 Å². The molecule has 2 aliphatic rings. The molecule has 2 aromatic carbocycles. The van der Waals surface area contributed by atoms with E-state index in [0.717, 1.165) is 22.7 Å². The Balaban J connectivity index is 1.59. The van der Waals surface area contributed by atoms with E-state index >= 15 is 0 Å². The topological polar surface area (TPSA) is 86.8 Å². The number of carbonyl (C=O) groups excluding carboxylic acids is 2. The number of likely N-dealkylation sites (tertiary alicyclic amines) is 1. The van der Waals surface area contributed by atoms with Crippen LogP contribution >= 0.6 is 0 Å². The second-order valence-corrected chi connectivity index (χ2v) is 9.72. The van der Waals surface area contributed by atoms with Crippen LogP contribution in [0.4, 0.5) is 0 Å². The molecule has 8 heteroatoms. The normalized spacial score (nSPS) is 20.2. The van der Waals surface area contributed by atoms with Gasteiger partial charge in [0.1, 0.15) is 0 Å². The summed E-state index contributed by atoms with van der Waals surface area (Å²) >= 11 is 0. The molecule has 0 spiro atoms. The van der Waals surface area contributed by atoms with Gasteiger partial charge in [0.05, 0.1) is 17.5 Å². The van der Waals surface area contributed by atoms with Crippen molar-refractivity contribution < 1.29 is 18.0 Å². The van der Waals surface area contributed by atoms with Gasteiger partial charge in [0.2, 0.25) is 15.9 Å². The van der Waals surface area contributed by atoms with Crippen LogP contribution < -0.4 is 5.32 Å². The molecule has 158 valence electrons.